The summed E-state index contributed by atoms with van der Waals surface area (Å²) in [6.07, 6.45) is 0. The Kier molecular flexibility index (Phi) is 5.29. The van der Waals surface area contributed by atoms with Gasteiger partial charge in [0.2, 0.25) is 0 Å². The zero-order valence-corrected chi connectivity index (χ0v) is 13.9. The average molecular weight is 405 g/mol. The van der Waals surface area contributed by atoms with Crippen molar-refractivity contribution in [3.8, 4) is 0 Å². The fourth-order valence-electron chi connectivity index (χ4n) is 2.12. The number of hydrogen-bond acceptors (Lipinski definition) is 1. The van der Waals surface area contributed by atoms with Crippen molar-refractivity contribution in [2.24, 2.45) is 0 Å². The third-order valence-electron chi connectivity index (χ3n) is 2.84. The van der Waals surface area contributed by atoms with E-state index < -0.39 is 11.6 Å². The third-order valence-corrected chi connectivity index (χ3v) is 3.76. The van der Waals surface area contributed by atoms with Crippen LogP contribution in [-0.2, 0) is 0 Å². The van der Waals surface area contributed by atoms with Crippen molar-refractivity contribution in [1.29, 1.82) is 0 Å². The highest BCUT2D eigenvalue weighted by molar-refractivity contribution is 9.11. The van der Waals surface area contributed by atoms with E-state index in [2.05, 4.69) is 37.2 Å². The van der Waals surface area contributed by atoms with Gasteiger partial charge in [0, 0.05) is 15.0 Å². The van der Waals surface area contributed by atoms with Crippen LogP contribution in [0.2, 0.25) is 0 Å². The number of nitrogens with one attached hydrogen (secondary N) is 1. The summed E-state index contributed by atoms with van der Waals surface area (Å²) in [5.41, 5.74) is 1.49. The molecule has 0 aliphatic carbocycles. The van der Waals surface area contributed by atoms with Crippen LogP contribution in [0.1, 0.15) is 24.1 Å². The van der Waals surface area contributed by atoms with E-state index in [0.29, 0.717) is 12.1 Å². The lowest BCUT2D eigenvalue weighted by Gasteiger charge is -2.20. The molecule has 0 spiro atoms. The van der Waals surface area contributed by atoms with Gasteiger partial charge in [0.1, 0.15) is 11.6 Å². The first-order valence-electron chi connectivity index (χ1n) is 6.15. The van der Waals surface area contributed by atoms with Crippen molar-refractivity contribution in [2.75, 3.05) is 6.54 Å². The Morgan fingerprint density at radius 3 is 1.90 bits per heavy atom. The van der Waals surface area contributed by atoms with Crippen LogP contribution in [0.5, 0.6) is 0 Å². The molecule has 1 N–H and O–H groups in total. The second kappa shape index (κ2) is 6.78. The highest BCUT2D eigenvalue weighted by Crippen LogP contribution is 2.29. The van der Waals surface area contributed by atoms with Crippen molar-refractivity contribution in [1.82, 2.24) is 5.32 Å². The molecular formula is C15H13Br2F2N. The smallest absolute Gasteiger partial charge is 0.126 e. The van der Waals surface area contributed by atoms with Crippen LogP contribution in [0.4, 0.5) is 8.78 Å². The number of halogens is 4. The van der Waals surface area contributed by atoms with Gasteiger partial charge in [0.05, 0.1) is 6.04 Å². The van der Waals surface area contributed by atoms with Crippen molar-refractivity contribution in [3.05, 3.63) is 68.1 Å². The molecule has 0 aliphatic heterocycles. The molecule has 0 heterocycles. The minimum atomic E-state index is -0.572. The summed E-state index contributed by atoms with van der Waals surface area (Å²) in [7, 11) is 0. The molecule has 1 nitrogen and oxygen atoms in total. The largest absolute Gasteiger partial charge is 0.307 e. The maximum atomic E-state index is 13.4. The Hall–Kier alpha value is -0.780. The second-order valence-corrected chi connectivity index (χ2v) is 6.23. The Morgan fingerprint density at radius 1 is 0.900 bits per heavy atom. The lowest BCUT2D eigenvalue weighted by atomic mass is 9.98. The summed E-state index contributed by atoms with van der Waals surface area (Å²) in [6, 6.07) is 9.10. The van der Waals surface area contributed by atoms with Crippen LogP contribution in [0.3, 0.4) is 0 Å². The summed E-state index contributed by atoms with van der Waals surface area (Å²) in [4.78, 5) is 0. The molecule has 2 rings (SSSR count). The molecule has 1 unspecified atom stereocenters. The Morgan fingerprint density at radius 2 is 1.40 bits per heavy atom. The average Bonchev–Trinajstić information content (AvgIpc) is 2.33. The summed E-state index contributed by atoms with van der Waals surface area (Å²) < 4.78 is 28.6. The first kappa shape index (κ1) is 15.6. The molecule has 2 aromatic carbocycles. The normalized spacial score (nSPS) is 12.4. The second-order valence-electron chi connectivity index (χ2n) is 4.40. The zero-order chi connectivity index (χ0) is 14.7. The SMILES string of the molecule is CCNC(c1cc(F)cc(F)c1)c1cc(Br)cc(Br)c1. The third kappa shape index (κ3) is 3.87. The Labute approximate surface area is 133 Å². The maximum absolute atomic E-state index is 13.4. The van der Waals surface area contributed by atoms with E-state index in [0.717, 1.165) is 20.6 Å². The molecule has 1 atom stereocenters. The van der Waals surface area contributed by atoms with Gasteiger partial charge in [0.15, 0.2) is 0 Å². The predicted octanol–water partition coefficient (Wildman–Crippen LogP) is 5.19. The molecule has 0 aromatic heterocycles. The summed E-state index contributed by atoms with van der Waals surface area (Å²) in [6.45, 7) is 2.64. The van der Waals surface area contributed by atoms with E-state index >= 15 is 0 Å². The molecule has 0 saturated carbocycles. The molecule has 0 amide bonds. The van der Waals surface area contributed by atoms with Gasteiger partial charge in [-0.2, -0.15) is 0 Å². The molecule has 0 saturated heterocycles. The molecule has 0 fully saturated rings. The highest BCUT2D eigenvalue weighted by atomic mass is 79.9. The predicted molar refractivity (Wildman–Crippen MR) is 83.7 cm³/mol. The highest BCUT2D eigenvalue weighted by Gasteiger charge is 2.16. The summed E-state index contributed by atoms with van der Waals surface area (Å²) >= 11 is 6.86. The molecule has 2 aromatic rings. The van der Waals surface area contributed by atoms with Crippen molar-refractivity contribution in [2.45, 2.75) is 13.0 Å². The monoisotopic (exact) mass is 403 g/mol. The molecule has 0 bridgehead atoms. The van der Waals surface area contributed by atoms with Crippen LogP contribution >= 0.6 is 31.9 Å². The van der Waals surface area contributed by atoms with Gasteiger partial charge in [-0.05, 0) is 48.0 Å². The summed E-state index contributed by atoms with van der Waals surface area (Å²) in [5.74, 6) is -1.14. The van der Waals surface area contributed by atoms with Crippen molar-refractivity contribution < 1.29 is 8.78 Å². The minimum Gasteiger partial charge on any atom is -0.307 e. The molecule has 106 valence electrons. The van der Waals surface area contributed by atoms with Crippen LogP contribution in [0.15, 0.2) is 45.3 Å². The summed E-state index contributed by atoms with van der Waals surface area (Å²) in [5, 5.41) is 3.25. The first-order chi connectivity index (χ1) is 9.49. The topological polar surface area (TPSA) is 12.0 Å². The van der Waals surface area contributed by atoms with Crippen LogP contribution in [-0.4, -0.2) is 6.54 Å². The fourth-order valence-corrected chi connectivity index (χ4v) is 3.45. The van der Waals surface area contributed by atoms with E-state index in [1.165, 1.54) is 12.1 Å². The number of rotatable bonds is 4. The van der Waals surface area contributed by atoms with E-state index in [1.807, 2.05) is 25.1 Å². The van der Waals surface area contributed by atoms with Crippen LogP contribution in [0.25, 0.3) is 0 Å². The van der Waals surface area contributed by atoms with Gasteiger partial charge in [0.25, 0.3) is 0 Å². The van der Waals surface area contributed by atoms with Gasteiger partial charge in [-0.15, -0.1) is 0 Å². The fraction of sp³-hybridized carbons (Fsp3) is 0.200. The standard InChI is InChI=1S/C15H13Br2F2N/c1-2-20-15(9-3-11(16)7-12(17)4-9)10-5-13(18)8-14(19)6-10/h3-8,15,20H,2H2,1H3. The Balaban J connectivity index is 2.49. The molecule has 0 aliphatic rings. The van der Waals surface area contributed by atoms with Gasteiger partial charge < -0.3 is 5.32 Å². The lowest BCUT2D eigenvalue weighted by Crippen LogP contribution is -2.22. The quantitative estimate of drug-likeness (QED) is 0.739. The van der Waals surface area contributed by atoms with E-state index in [-0.39, 0.29) is 6.04 Å². The van der Waals surface area contributed by atoms with Gasteiger partial charge in [-0.3, -0.25) is 0 Å². The molecule has 20 heavy (non-hydrogen) atoms. The van der Waals surface area contributed by atoms with Crippen LogP contribution in [0, 0.1) is 11.6 Å². The van der Waals surface area contributed by atoms with E-state index in [1.54, 1.807) is 0 Å². The van der Waals surface area contributed by atoms with Crippen molar-refractivity contribution >= 4 is 31.9 Å². The zero-order valence-electron chi connectivity index (χ0n) is 10.8. The van der Waals surface area contributed by atoms with E-state index in [9.17, 15) is 8.78 Å². The Bertz CT molecular complexity index is 525. The first-order valence-corrected chi connectivity index (χ1v) is 7.73. The van der Waals surface area contributed by atoms with Crippen LogP contribution < -0.4 is 5.32 Å². The molecule has 0 radical (unpaired) electrons. The maximum Gasteiger partial charge on any atom is 0.126 e. The van der Waals surface area contributed by atoms with E-state index in [4.69, 9.17) is 0 Å². The van der Waals surface area contributed by atoms with Gasteiger partial charge in [-0.25, -0.2) is 8.78 Å². The van der Waals surface area contributed by atoms with Crippen molar-refractivity contribution in [3.63, 3.8) is 0 Å². The molecule has 5 heteroatoms. The lowest BCUT2D eigenvalue weighted by molar-refractivity contribution is 0.565. The minimum absolute atomic E-state index is 0.265. The van der Waals surface area contributed by atoms with Gasteiger partial charge >= 0.3 is 0 Å². The van der Waals surface area contributed by atoms with Gasteiger partial charge in [-0.1, -0.05) is 38.8 Å². The number of hydrogen-bond donors (Lipinski definition) is 1. The number of benzene rings is 2. The molecular weight excluding hydrogens is 392 g/mol.